The van der Waals surface area contributed by atoms with E-state index in [1.54, 1.807) is 0 Å². The van der Waals surface area contributed by atoms with Crippen molar-refractivity contribution in [1.82, 2.24) is 0 Å². The molecule has 0 spiro atoms. The van der Waals surface area contributed by atoms with Gasteiger partial charge in [0.25, 0.3) is 0 Å². The molecule has 40 heavy (non-hydrogen) atoms. The van der Waals surface area contributed by atoms with Crippen molar-refractivity contribution in [3.63, 3.8) is 0 Å². The Kier molecular flexibility index (Phi) is 5.91. The summed E-state index contributed by atoms with van der Waals surface area (Å²) >= 11 is 3.78. The van der Waals surface area contributed by atoms with Crippen molar-refractivity contribution in [3.8, 4) is 11.1 Å². The molecule has 7 aromatic rings. The summed E-state index contributed by atoms with van der Waals surface area (Å²) in [6.07, 6.45) is 0. The summed E-state index contributed by atoms with van der Waals surface area (Å²) in [5, 5.41) is 7.79. The van der Waals surface area contributed by atoms with E-state index in [4.69, 9.17) is 0 Å². The summed E-state index contributed by atoms with van der Waals surface area (Å²) in [7, 11) is 0. The summed E-state index contributed by atoms with van der Waals surface area (Å²) in [5.41, 5.74) is 11.1. The SMILES string of the molecule is Cc1ccc(N(c2ccc(-c3ccc4ccc5c(Br)ccc6ccc3c4c65)cc2)c2ccc(C)cc2C)c(C)c1. The molecule has 0 aliphatic carbocycles. The van der Waals surface area contributed by atoms with Gasteiger partial charge in [0, 0.05) is 21.5 Å². The van der Waals surface area contributed by atoms with Crippen molar-refractivity contribution in [1.29, 1.82) is 0 Å². The van der Waals surface area contributed by atoms with Crippen molar-refractivity contribution < 1.29 is 0 Å². The van der Waals surface area contributed by atoms with Crippen molar-refractivity contribution >= 4 is 65.3 Å². The van der Waals surface area contributed by atoms with E-state index in [1.807, 2.05) is 0 Å². The molecular formula is C38H30BrN. The molecule has 0 bridgehead atoms. The van der Waals surface area contributed by atoms with E-state index >= 15 is 0 Å². The predicted molar refractivity (Wildman–Crippen MR) is 177 cm³/mol. The summed E-state index contributed by atoms with van der Waals surface area (Å²) in [6.45, 7) is 8.72. The Balaban J connectivity index is 1.39. The maximum absolute atomic E-state index is 3.78. The van der Waals surface area contributed by atoms with Crippen LogP contribution in [0.5, 0.6) is 0 Å². The average molecular weight is 581 g/mol. The van der Waals surface area contributed by atoms with Crippen LogP contribution >= 0.6 is 15.9 Å². The van der Waals surface area contributed by atoms with Gasteiger partial charge in [0.15, 0.2) is 0 Å². The lowest BCUT2D eigenvalue weighted by atomic mass is 9.90. The Morgan fingerprint density at radius 2 is 1.02 bits per heavy atom. The summed E-state index contributed by atoms with van der Waals surface area (Å²) < 4.78 is 1.14. The quantitative estimate of drug-likeness (QED) is 0.187. The highest BCUT2D eigenvalue weighted by molar-refractivity contribution is 9.10. The smallest absolute Gasteiger partial charge is 0.0491 e. The standard InChI is InChI=1S/C38H30BrN/c1-23-5-19-35(25(3)21-23)40(36-20-6-24(2)22-26(36)4)30-13-7-27(8-14-30)31-15-9-28-11-17-33-34(39)18-12-29-10-16-32(31)37(28)38(29)33/h5-22H,1-4H3. The topological polar surface area (TPSA) is 3.24 Å². The number of halogens is 1. The van der Waals surface area contributed by atoms with E-state index in [2.05, 4.69) is 158 Å². The maximum Gasteiger partial charge on any atom is 0.0491 e. The molecule has 0 fully saturated rings. The number of anilines is 3. The van der Waals surface area contributed by atoms with E-state index in [9.17, 15) is 0 Å². The Morgan fingerprint density at radius 3 is 1.62 bits per heavy atom. The maximum atomic E-state index is 3.78. The fraction of sp³-hybridized carbons (Fsp3) is 0.105. The van der Waals surface area contributed by atoms with Gasteiger partial charge in [-0.05, 0) is 113 Å². The number of hydrogen-bond donors (Lipinski definition) is 0. The summed E-state index contributed by atoms with van der Waals surface area (Å²) in [4.78, 5) is 2.40. The van der Waals surface area contributed by atoms with E-state index in [0.717, 1.165) is 10.2 Å². The molecule has 0 atom stereocenters. The van der Waals surface area contributed by atoms with Crippen LogP contribution in [0.25, 0.3) is 43.4 Å². The lowest BCUT2D eigenvalue weighted by Gasteiger charge is -2.29. The van der Waals surface area contributed by atoms with Crippen LogP contribution in [0.1, 0.15) is 22.3 Å². The second kappa shape index (κ2) is 9.50. The average Bonchev–Trinajstić information content (AvgIpc) is 2.95. The van der Waals surface area contributed by atoms with E-state index in [0.29, 0.717) is 0 Å². The van der Waals surface area contributed by atoms with E-state index < -0.39 is 0 Å². The molecule has 0 unspecified atom stereocenters. The minimum Gasteiger partial charge on any atom is -0.310 e. The summed E-state index contributed by atoms with van der Waals surface area (Å²) in [6, 6.07) is 40.5. The van der Waals surface area contributed by atoms with Gasteiger partial charge in [-0.3, -0.25) is 0 Å². The molecule has 0 aliphatic heterocycles. The second-order valence-corrected chi connectivity index (χ2v) is 11.9. The van der Waals surface area contributed by atoms with Crippen LogP contribution in [-0.4, -0.2) is 0 Å². The zero-order chi connectivity index (χ0) is 27.5. The number of aryl methyl sites for hydroxylation is 4. The van der Waals surface area contributed by atoms with Gasteiger partial charge < -0.3 is 4.90 Å². The van der Waals surface area contributed by atoms with Crippen LogP contribution in [0.2, 0.25) is 0 Å². The monoisotopic (exact) mass is 579 g/mol. The highest BCUT2D eigenvalue weighted by Gasteiger charge is 2.18. The number of nitrogens with zero attached hydrogens (tertiary/aromatic N) is 1. The lowest BCUT2D eigenvalue weighted by Crippen LogP contribution is -2.12. The van der Waals surface area contributed by atoms with Gasteiger partial charge in [0.2, 0.25) is 0 Å². The molecule has 0 heterocycles. The van der Waals surface area contributed by atoms with Gasteiger partial charge in [-0.25, -0.2) is 0 Å². The first kappa shape index (κ1) is 24.9. The molecule has 0 aromatic heterocycles. The molecular weight excluding hydrogens is 550 g/mol. The van der Waals surface area contributed by atoms with Crippen LogP contribution in [0, 0.1) is 27.7 Å². The van der Waals surface area contributed by atoms with Crippen molar-refractivity contribution in [3.05, 3.63) is 136 Å². The van der Waals surface area contributed by atoms with Crippen LogP contribution in [-0.2, 0) is 0 Å². The first-order valence-corrected chi connectivity index (χ1v) is 14.6. The van der Waals surface area contributed by atoms with Gasteiger partial charge >= 0.3 is 0 Å². The Hall–Kier alpha value is -4.14. The first-order valence-electron chi connectivity index (χ1n) is 13.8. The van der Waals surface area contributed by atoms with Gasteiger partial charge in [0.05, 0.1) is 0 Å². The van der Waals surface area contributed by atoms with Gasteiger partial charge in [-0.2, -0.15) is 0 Å². The molecule has 0 saturated carbocycles. The molecule has 0 N–H and O–H groups in total. The molecule has 7 aromatic carbocycles. The van der Waals surface area contributed by atoms with Crippen molar-refractivity contribution in [2.75, 3.05) is 4.90 Å². The molecule has 1 nitrogen and oxygen atoms in total. The third-order valence-electron chi connectivity index (χ3n) is 8.23. The summed E-state index contributed by atoms with van der Waals surface area (Å²) in [5.74, 6) is 0. The normalized spacial score (nSPS) is 11.6. The van der Waals surface area contributed by atoms with E-state index in [-0.39, 0.29) is 0 Å². The minimum atomic E-state index is 1.14. The lowest BCUT2D eigenvalue weighted by molar-refractivity contribution is 1.21. The van der Waals surface area contributed by atoms with Crippen LogP contribution in [0.4, 0.5) is 17.1 Å². The zero-order valence-electron chi connectivity index (χ0n) is 23.2. The molecule has 0 aliphatic rings. The van der Waals surface area contributed by atoms with Gasteiger partial charge in [-0.15, -0.1) is 0 Å². The molecule has 0 saturated heterocycles. The minimum absolute atomic E-state index is 1.14. The fourth-order valence-electron chi connectivity index (χ4n) is 6.33. The number of rotatable bonds is 4. The Bertz CT molecular complexity index is 2000. The molecule has 2 heteroatoms. The van der Waals surface area contributed by atoms with Crippen LogP contribution < -0.4 is 4.90 Å². The molecule has 0 radical (unpaired) electrons. The van der Waals surface area contributed by atoms with Crippen molar-refractivity contribution in [2.24, 2.45) is 0 Å². The molecule has 7 rings (SSSR count). The number of hydrogen-bond acceptors (Lipinski definition) is 1. The number of benzene rings is 7. The largest absolute Gasteiger partial charge is 0.310 e. The van der Waals surface area contributed by atoms with Crippen LogP contribution in [0.15, 0.2) is 114 Å². The van der Waals surface area contributed by atoms with Crippen LogP contribution in [0.3, 0.4) is 0 Å². The molecule has 0 amide bonds. The highest BCUT2D eigenvalue weighted by Crippen LogP contribution is 2.43. The second-order valence-electron chi connectivity index (χ2n) is 11.0. The van der Waals surface area contributed by atoms with Gasteiger partial charge in [-0.1, -0.05) is 106 Å². The molecule has 194 valence electrons. The zero-order valence-corrected chi connectivity index (χ0v) is 24.8. The van der Waals surface area contributed by atoms with E-state index in [1.165, 1.54) is 77.1 Å². The third-order valence-corrected chi connectivity index (χ3v) is 8.93. The highest BCUT2D eigenvalue weighted by atomic mass is 79.9. The Labute approximate surface area is 244 Å². The first-order chi connectivity index (χ1) is 19.4. The van der Waals surface area contributed by atoms with Gasteiger partial charge in [0.1, 0.15) is 0 Å². The predicted octanol–water partition coefficient (Wildman–Crippen LogP) is 11.7. The van der Waals surface area contributed by atoms with Crippen molar-refractivity contribution in [2.45, 2.75) is 27.7 Å². The Morgan fingerprint density at radius 1 is 0.500 bits per heavy atom. The third kappa shape index (κ3) is 3.98. The fourth-order valence-corrected chi connectivity index (χ4v) is 6.79.